The number of benzene rings is 2. The summed E-state index contributed by atoms with van der Waals surface area (Å²) in [5.41, 5.74) is -0.0921. The summed E-state index contributed by atoms with van der Waals surface area (Å²) in [5, 5.41) is 0.798. The van der Waals surface area contributed by atoms with E-state index in [1.807, 2.05) is 0 Å². The molecule has 5 rings (SSSR count). The zero-order valence-electron chi connectivity index (χ0n) is 18.5. The monoisotopic (exact) mass is 526 g/mol. The van der Waals surface area contributed by atoms with Crippen LogP contribution in [0.2, 0.25) is 0 Å². The third-order valence-electron chi connectivity index (χ3n) is 6.64. The lowest BCUT2D eigenvalue weighted by molar-refractivity contribution is -0.137. The van der Waals surface area contributed by atoms with E-state index >= 15 is 0 Å². The van der Waals surface area contributed by atoms with Crippen molar-refractivity contribution in [2.24, 2.45) is 5.41 Å². The van der Waals surface area contributed by atoms with E-state index < -0.39 is 21.8 Å². The zero-order chi connectivity index (χ0) is 24.8. The van der Waals surface area contributed by atoms with Gasteiger partial charge in [-0.25, -0.2) is 17.8 Å². The highest BCUT2D eigenvalue weighted by molar-refractivity contribution is 7.89. The van der Waals surface area contributed by atoms with Gasteiger partial charge in [0, 0.05) is 49.5 Å². The Bertz CT molecular complexity index is 1310. The van der Waals surface area contributed by atoms with E-state index in [1.165, 1.54) is 34.0 Å². The molecule has 3 heterocycles. The van der Waals surface area contributed by atoms with E-state index in [2.05, 4.69) is 14.3 Å². The summed E-state index contributed by atoms with van der Waals surface area (Å²) in [6, 6.07) is 10.1. The number of aromatic nitrogens is 2. The molecule has 0 radical (unpaired) electrons. The van der Waals surface area contributed by atoms with Gasteiger partial charge in [-0.15, -0.1) is 0 Å². The number of piperidine rings is 1. The first-order valence-corrected chi connectivity index (χ1v) is 13.2. The average Bonchev–Trinajstić information content (AvgIpc) is 3.26. The predicted molar refractivity (Wildman–Crippen MR) is 123 cm³/mol. The van der Waals surface area contributed by atoms with Crippen molar-refractivity contribution in [1.29, 1.82) is 0 Å². The van der Waals surface area contributed by atoms with Gasteiger partial charge in [0.1, 0.15) is 11.6 Å². The highest BCUT2D eigenvalue weighted by Gasteiger charge is 2.47. The Kier molecular flexibility index (Phi) is 6.09. The van der Waals surface area contributed by atoms with Gasteiger partial charge in [-0.1, -0.05) is 18.2 Å². The van der Waals surface area contributed by atoms with Gasteiger partial charge in [0.05, 0.1) is 10.5 Å². The fourth-order valence-corrected chi connectivity index (χ4v) is 6.80. The molecule has 2 aliphatic rings. The van der Waals surface area contributed by atoms with Crippen LogP contribution >= 0.6 is 11.5 Å². The fourth-order valence-electron chi connectivity index (χ4n) is 4.63. The maximum atomic E-state index is 13.1. The summed E-state index contributed by atoms with van der Waals surface area (Å²) < 4.78 is 83.7. The molecule has 6 nitrogen and oxygen atoms in total. The second-order valence-electron chi connectivity index (χ2n) is 9.08. The number of hydrogen-bond donors (Lipinski definition) is 0. The van der Waals surface area contributed by atoms with Gasteiger partial charge in [-0.3, -0.25) is 0 Å². The van der Waals surface area contributed by atoms with Crippen LogP contribution in [0.3, 0.4) is 0 Å². The molecule has 0 saturated carbocycles. The van der Waals surface area contributed by atoms with Crippen molar-refractivity contribution < 1.29 is 26.0 Å². The average molecular weight is 527 g/mol. The maximum absolute atomic E-state index is 13.1. The molecule has 0 atom stereocenters. The standard InChI is InChI=1S/C23H22F4N4O2S2/c24-18-6-4-16(5-7-18)12-20-28-21(34-29-20)30-14-22(15-30)8-10-31(11-9-22)35(32,33)19-3-1-2-17(13-19)23(25,26)27/h1-7,13H,8-12,14-15H2. The van der Waals surface area contributed by atoms with Gasteiger partial charge in [-0.2, -0.15) is 21.9 Å². The van der Waals surface area contributed by atoms with E-state index in [-0.39, 0.29) is 29.2 Å². The van der Waals surface area contributed by atoms with E-state index in [4.69, 9.17) is 0 Å². The molecular formula is C23H22F4N4O2S2. The Labute approximate surface area is 204 Å². The molecule has 2 aliphatic heterocycles. The molecule has 35 heavy (non-hydrogen) atoms. The Balaban J connectivity index is 1.18. The Morgan fingerprint density at radius 2 is 1.71 bits per heavy atom. The minimum atomic E-state index is -4.60. The van der Waals surface area contributed by atoms with Crippen molar-refractivity contribution in [2.75, 3.05) is 31.1 Å². The topological polar surface area (TPSA) is 66.4 Å². The van der Waals surface area contributed by atoms with Gasteiger partial charge in [0.2, 0.25) is 15.2 Å². The molecular weight excluding hydrogens is 504 g/mol. The number of halogens is 4. The normalized spacial score (nSPS) is 18.6. The summed E-state index contributed by atoms with van der Waals surface area (Å²) in [6.07, 6.45) is -2.83. The summed E-state index contributed by atoms with van der Waals surface area (Å²) >= 11 is 1.30. The molecule has 2 fully saturated rings. The first-order valence-electron chi connectivity index (χ1n) is 11.0. The van der Waals surface area contributed by atoms with Crippen LogP contribution in [0.1, 0.15) is 29.8 Å². The highest BCUT2D eigenvalue weighted by atomic mass is 32.2. The molecule has 2 aromatic carbocycles. The molecule has 1 spiro atoms. The molecule has 1 aromatic heterocycles. The van der Waals surface area contributed by atoms with Crippen molar-refractivity contribution in [2.45, 2.75) is 30.3 Å². The maximum Gasteiger partial charge on any atom is 0.416 e. The lowest BCUT2D eigenvalue weighted by atomic mass is 9.73. The Morgan fingerprint density at radius 1 is 1.03 bits per heavy atom. The van der Waals surface area contributed by atoms with Crippen LogP contribution in [-0.4, -0.2) is 48.3 Å². The highest BCUT2D eigenvalue weighted by Crippen LogP contribution is 2.44. The second kappa shape index (κ2) is 8.82. The zero-order valence-corrected chi connectivity index (χ0v) is 20.1. The number of nitrogens with zero attached hydrogens (tertiary/aromatic N) is 4. The first kappa shape index (κ1) is 24.1. The second-order valence-corrected chi connectivity index (χ2v) is 11.8. The summed E-state index contributed by atoms with van der Waals surface area (Å²) in [6.45, 7) is 1.99. The van der Waals surface area contributed by atoms with Crippen molar-refractivity contribution in [1.82, 2.24) is 13.7 Å². The number of anilines is 1. The van der Waals surface area contributed by atoms with Crippen molar-refractivity contribution >= 4 is 26.7 Å². The van der Waals surface area contributed by atoms with E-state index in [0.717, 1.165) is 35.9 Å². The third kappa shape index (κ3) is 4.91. The number of alkyl halides is 3. The molecule has 0 aliphatic carbocycles. The van der Waals surface area contributed by atoms with Crippen LogP contribution < -0.4 is 4.90 Å². The molecule has 0 bridgehead atoms. The van der Waals surface area contributed by atoms with Crippen molar-refractivity contribution in [3.63, 3.8) is 0 Å². The minimum Gasteiger partial charge on any atom is -0.346 e. The minimum absolute atomic E-state index is 0.0391. The van der Waals surface area contributed by atoms with E-state index in [9.17, 15) is 26.0 Å². The molecule has 0 unspecified atom stereocenters. The molecule has 0 amide bonds. The van der Waals surface area contributed by atoms with Crippen LogP contribution in [0.5, 0.6) is 0 Å². The molecule has 3 aromatic rings. The largest absolute Gasteiger partial charge is 0.416 e. The van der Waals surface area contributed by atoms with Crippen LogP contribution in [-0.2, 0) is 22.6 Å². The smallest absolute Gasteiger partial charge is 0.346 e. The Hall–Kier alpha value is -2.57. The first-order chi connectivity index (χ1) is 16.5. The van der Waals surface area contributed by atoms with Gasteiger partial charge >= 0.3 is 6.18 Å². The van der Waals surface area contributed by atoms with Gasteiger partial charge in [0.25, 0.3) is 0 Å². The number of rotatable bonds is 5. The van der Waals surface area contributed by atoms with Crippen molar-refractivity contribution in [3.05, 3.63) is 71.3 Å². The van der Waals surface area contributed by atoms with Gasteiger partial charge in [-0.05, 0) is 48.7 Å². The molecule has 186 valence electrons. The van der Waals surface area contributed by atoms with Gasteiger partial charge in [0.15, 0.2) is 0 Å². The van der Waals surface area contributed by atoms with E-state index in [0.29, 0.717) is 31.2 Å². The summed E-state index contributed by atoms with van der Waals surface area (Å²) in [4.78, 5) is 6.37. The van der Waals surface area contributed by atoms with Crippen LogP contribution in [0.4, 0.5) is 22.7 Å². The molecule has 2 saturated heterocycles. The lowest BCUT2D eigenvalue weighted by Gasteiger charge is -2.53. The van der Waals surface area contributed by atoms with E-state index in [1.54, 1.807) is 12.1 Å². The predicted octanol–water partition coefficient (Wildman–Crippen LogP) is 4.58. The summed E-state index contributed by atoms with van der Waals surface area (Å²) in [5.74, 6) is 0.375. The quantitative estimate of drug-likeness (QED) is 0.456. The fraction of sp³-hybridized carbons (Fsp3) is 0.391. The number of hydrogen-bond acceptors (Lipinski definition) is 6. The Morgan fingerprint density at radius 3 is 2.37 bits per heavy atom. The third-order valence-corrected chi connectivity index (χ3v) is 9.35. The molecule has 0 N–H and O–H groups in total. The summed E-state index contributed by atoms with van der Waals surface area (Å²) in [7, 11) is -4.00. The van der Waals surface area contributed by atoms with Crippen LogP contribution in [0.15, 0.2) is 53.4 Å². The SMILES string of the molecule is O=S(=O)(c1cccc(C(F)(F)F)c1)N1CCC2(CC1)CN(c1nc(Cc3ccc(F)cc3)ns1)C2. The van der Waals surface area contributed by atoms with Crippen LogP contribution in [0.25, 0.3) is 0 Å². The lowest BCUT2D eigenvalue weighted by Crippen LogP contribution is -2.61. The molecule has 12 heteroatoms. The van der Waals surface area contributed by atoms with Crippen LogP contribution in [0, 0.1) is 11.2 Å². The van der Waals surface area contributed by atoms with Crippen molar-refractivity contribution in [3.8, 4) is 0 Å². The number of sulfonamides is 1. The van der Waals surface area contributed by atoms with Gasteiger partial charge < -0.3 is 4.90 Å².